The number of hydrogen-bond donors (Lipinski definition) is 0. The summed E-state index contributed by atoms with van der Waals surface area (Å²) in [5.41, 5.74) is 7.98. The summed E-state index contributed by atoms with van der Waals surface area (Å²) in [5.74, 6) is 1.15. The van der Waals surface area contributed by atoms with Crippen LogP contribution in [-0.2, 0) is 7.05 Å². The zero-order valence-electron chi connectivity index (χ0n) is 16.6. The molecule has 0 radical (unpaired) electrons. The highest BCUT2D eigenvalue weighted by Gasteiger charge is 2.27. The van der Waals surface area contributed by atoms with Gasteiger partial charge in [-0.15, -0.1) is 0 Å². The van der Waals surface area contributed by atoms with E-state index in [-0.39, 0.29) is 0 Å². The first-order valence-corrected chi connectivity index (χ1v) is 9.81. The van der Waals surface area contributed by atoms with E-state index in [2.05, 4.69) is 108 Å². The Morgan fingerprint density at radius 2 is 1.45 bits per heavy atom. The molecule has 5 aromatic rings. The summed E-state index contributed by atoms with van der Waals surface area (Å²) in [6, 6.07) is 31.6. The van der Waals surface area contributed by atoms with Crippen molar-refractivity contribution in [3.05, 3.63) is 103 Å². The summed E-state index contributed by atoms with van der Waals surface area (Å²) in [4.78, 5) is 4.70. The van der Waals surface area contributed by atoms with Crippen LogP contribution >= 0.6 is 0 Å². The van der Waals surface area contributed by atoms with Crippen LogP contribution in [0.1, 0.15) is 5.56 Å². The van der Waals surface area contributed by atoms with Crippen molar-refractivity contribution in [2.75, 3.05) is 0 Å². The van der Waals surface area contributed by atoms with Gasteiger partial charge in [0, 0.05) is 11.8 Å². The second-order valence-corrected chi connectivity index (χ2v) is 7.29. The van der Waals surface area contributed by atoms with Crippen LogP contribution in [-0.4, -0.2) is 9.55 Å². The highest BCUT2D eigenvalue weighted by Crippen LogP contribution is 2.31. The molecule has 0 N–H and O–H groups in total. The molecule has 140 valence electrons. The Balaban J connectivity index is 1.84. The molecule has 3 aromatic carbocycles. The van der Waals surface area contributed by atoms with Gasteiger partial charge in [0.05, 0.1) is 18.3 Å². The molecule has 0 saturated heterocycles. The van der Waals surface area contributed by atoms with E-state index in [4.69, 9.17) is 4.98 Å². The van der Waals surface area contributed by atoms with Gasteiger partial charge in [-0.25, -0.2) is 4.57 Å². The van der Waals surface area contributed by atoms with Gasteiger partial charge in [-0.1, -0.05) is 60.7 Å². The molecule has 0 aliphatic carbocycles. The van der Waals surface area contributed by atoms with Gasteiger partial charge in [-0.2, -0.15) is 4.57 Å². The van der Waals surface area contributed by atoms with Crippen molar-refractivity contribution < 1.29 is 4.57 Å². The third-order valence-electron chi connectivity index (χ3n) is 5.44. The quantitative estimate of drug-likeness (QED) is 0.382. The maximum atomic E-state index is 4.70. The predicted molar refractivity (Wildman–Crippen MR) is 118 cm³/mol. The van der Waals surface area contributed by atoms with Crippen LogP contribution in [0.15, 0.2) is 97.2 Å². The smallest absolute Gasteiger partial charge is 0.256 e. The minimum absolute atomic E-state index is 0.982. The van der Waals surface area contributed by atoms with Crippen molar-refractivity contribution in [1.82, 2.24) is 9.55 Å². The number of pyridine rings is 1. The molecule has 3 heteroatoms. The van der Waals surface area contributed by atoms with Crippen LogP contribution in [0.2, 0.25) is 0 Å². The first-order valence-electron chi connectivity index (χ1n) is 9.81. The van der Waals surface area contributed by atoms with Crippen LogP contribution in [0, 0.1) is 6.92 Å². The third kappa shape index (κ3) is 2.92. The Bertz CT molecular complexity index is 1300. The van der Waals surface area contributed by atoms with E-state index in [9.17, 15) is 0 Å². The molecule has 2 aromatic heterocycles. The number of imidazole rings is 1. The summed E-state index contributed by atoms with van der Waals surface area (Å²) in [5, 5.41) is 0. The van der Waals surface area contributed by atoms with E-state index in [0.29, 0.717) is 0 Å². The summed E-state index contributed by atoms with van der Waals surface area (Å²) in [6.45, 7) is 2.13. The third-order valence-corrected chi connectivity index (χ3v) is 5.44. The lowest BCUT2D eigenvalue weighted by Gasteiger charge is -2.08. The van der Waals surface area contributed by atoms with Crippen LogP contribution in [0.25, 0.3) is 39.4 Å². The molecule has 0 fully saturated rings. The van der Waals surface area contributed by atoms with Gasteiger partial charge in [0.15, 0.2) is 11.0 Å². The van der Waals surface area contributed by atoms with Gasteiger partial charge in [-0.3, -0.25) is 4.98 Å². The summed E-state index contributed by atoms with van der Waals surface area (Å²) in [7, 11) is 2.14. The fraction of sp³-hybridized carbons (Fsp3) is 0.0769. The maximum absolute atomic E-state index is 4.70. The number of fused-ring (bicyclic) bond motifs is 1. The maximum Gasteiger partial charge on any atom is 0.295 e. The van der Waals surface area contributed by atoms with E-state index in [0.717, 1.165) is 28.3 Å². The van der Waals surface area contributed by atoms with Crippen molar-refractivity contribution in [2.24, 2.45) is 7.05 Å². The van der Waals surface area contributed by atoms with Crippen LogP contribution in [0.4, 0.5) is 0 Å². The average Bonchev–Trinajstić information content (AvgIpc) is 3.08. The summed E-state index contributed by atoms with van der Waals surface area (Å²) >= 11 is 0. The molecular weight excluding hydrogens is 354 g/mol. The number of para-hydroxylation sites is 3. The highest BCUT2D eigenvalue weighted by atomic mass is 15.2. The van der Waals surface area contributed by atoms with Gasteiger partial charge in [0.2, 0.25) is 0 Å². The van der Waals surface area contributed by atoms with Crippen molar-refractivity contribution in [1.29, 1.82) is 0 Å². The van der Waals surface area contributed by atoms with E-state index in [1.54, 1.807) is 0 Å². The first kappa shape index (κ1) is 17.4. The Hall–Kier alpha value is -3.72. The molecule has 0 bridgehead atoms. The minimum Gasteiger partial charge on any atom is -0.256 e. The van der Waals surface area contributed by atoms with E-state index < -0.39 is 0 Å². The number of rotatable bonds is 3. The van der Waals surface area contributed by atoms with Gasteiger partial charge in [0.25, 0.3) is 5.82 Å². The second-order valence-electron chi connectivity index (χ2n) is 7.29. The molecule has 0 aliphatic rings. The molecular formula is C26H22N3+. The molecule has 0 unspecified atom stereocenters. The molecule has 0 atom stereocenters. The largest absolute Gasteiger partial charge is 0.295 e. The number of aromatic nitrogens is 3. The van der Waals surface area contributed by atoms with Crippen molar-refractivity contribution in [2.45, 2.75) is 6.92 Å². The predicted octanol–water partition coefficient (Wildman–Crippen LogP) is 5.49. The van der Waals surface area contributed by atoms with Crippen LogP contribution in [0.3, 0.4) is 0 Å². The Kier molecular flexibility index (Phi) is 4.21. The highest BCUT2D eigenvalue weighted by molar-refractivity contribution is 5.80. The lowest BCUT2D eigenvalue weighted by molar-refractivity contribution is -0.633. The molecule has 3 nitrogen and oxygen atoms in total. The first-order chi connectivity index (χ1) is 14.2. The summed E-state index contributed by atoms with van der Waals surface area (Å²) in [6.07, 6.45) is 1.98. The number of benzene rings is 3. The van der Waals surface area contributed by atoms with Crippen LogP contribution < -0.4 is 4.57 Å². The Labute approximate surface area is 170 Å². The number of nitrogens with zero attached hydrogens (tertiary/aromatic N) is 3. The monoisotopic (exact) mass is 376 g/mol. The van der Waals surface area contributed by atoms with Crippen molar-refractivity contribution in [3.8, 4) is 28.3 Å². The Morgan fingerprint density at radius 1 is 0.793 bits per heavy atom. The lowest BCUT2D eigenvalue weighted by atomic mass is 10.1. The summed E-state index contributed by atoms with van der Waals surface area (Å²) < 4.78 is 4.62. The topological polar surface area (TPSA) is 21.7 Å². The lowest BCUT2D eigenvalue weighted by Crippen LogP contribution is -2.30. The van der Waals surface area contributed by atoms with Gasteiger partial charge in [0.1, 0.15) is 5.69 Å². The van der Waals surface area contributed by atoms with E-state index >= 15 is 0 Å². The van der Waals surface area contributed by atoms with Gasteiger partial charge in [-0.05, 0) is 42.8 Å². The molecule has 5 rings (SSSR count). The zero-order chi connectivity index (χ0) is 19.8. The zero-order valence-corrected chi connectivity index (χ0v) is 16.6. The molecule has 2 heterocycles. The molecule has 0 aliphatic heterocycles. The van der Waals surface area contributed by atoms with Crippen molar-refractivity contribution in [3.63, 3.8) is 0 Å². The fourth-order valence-electron chi connectivity index (χ4n) is 3.99. The van der Waals surface area contributed by atoms with E-state index in [1.165, 1.54) is 16.6 Å². The molecule has 0 amide bonds. The number of aryl methyl sites for hydroxylation is 2. The Morgan fingerprint density at radius 3 is 2.21 bits per heavy atom. The van der Waals surface area contributed by atoms with E-state index in [1.807, 2.05) is 12.3 Å². The molecule has 0 saturated carbocycles. The van der Waals surface area contributed by atoms with Crippen molar-refractivity contribution >= 4 is 11.0 Å². The molecule has 0 spiro atoms. The number of hydrogen-bond acceptors (Lipinski definition) is 1. The fourth-order valence-corrected chi connectivity index (χ4v) is 3.99. The minimum atomic E-state index is 0.982. The van der Waals surface area contributed by atoms with Gasteiger partial charge < -0.3 is 0 Å². The average molecular weight is 376 g/mol. The second kappa shape index (κ2) is 7.02. The van der Waals surface area contributed by atoms with Gasteiger partial charge >= 0.3 is 0 Å². The SMILES string of the molecule is Cc1cnc(-c2ccccc2)cc1-c1n(-c2ccccc2)c2ccccc2[n+]1C. The normalized spacial score (nSPS) is 11.1. The standard InChI is InChI=1S/C26H22N3/c1-19-18-27-23(20-11-5-3-6-12-20)17-22(19)26-28(2)24-15-9-10-16-25(24)29(26)21-13-7-4-8-14-21/h3-18H,1-2H3/q+1. The molecule has 29 heavy (non-hydrogen) atoms. The van der Waals surface area contributed by atoms with Crippen LogP contribution in [0.5, 0.6) is 0 Å².